The van der Waals surface area contributed by atoms with Gasteiger partial charge in [-0.25, -0.2) is 4.79 Å². The molecule has 7 heteroatoms. The van der Waals surface area contributed by atoms with Crippen LogP contribution in [0.25, 0.3) is 0 Å². The van der Waals surface area contributed by atoms with Crippen LogP contribution in [0.2, 0.25) is 0 Å². The first-order chi connectivity index (χ1) is 14.1. The van der Waals surface area contributed by atoms with Gasteiger partial charge in [0.05, 0.1) is 6.61 Å². The van der Waals surface area contributed by atoms with Crippen molar-refractivity contribution in [2.75, 3.05) is 31.6 Å². The first-order valence-electron chi connectivity index (χ1n) is 9.66. The average Bonchev–Trinajstić information content (AvgIpc) is 3.28. The molecule has 3 rings (SSSR count). The van der Waals surface area contributed by atoms with Gasteiger partial charge in [-0.3, -0.25) is 9.59 Å². The number of carbonyl (C=O) groups is 3. The van der Waals surface area contributed by atoms with Crippen molar-refractivity contribution in [3.05, 3.63) is 59.7 Å². The lowest BCUT2D eigenvalue weighted by atomic mass is 10.1. The van der Waals surface area contributed by atoms with Crippen molar-refractivity contribution in [1.29, 1.82) is 0 Å². The van der Waals surface area contributed by atoms with E-state index in [0.29, 0.717) is 22.6 Å². The van der Waals surface area contributed by atoms with E-state index in [9.17, 15) is 14.4 Å². The fourth-order valence-electron chi connectivity index (χ4n) is 3.07. The Balaban J connectivity index is 1.59. The lowest BCUT2D eigenvalue weighted by Crippen LogP contribution is -2.27. The Morgan fingerprint density at radius 3 is 2.41 bits per heavy atom. The van der Waals surface area contributed by atoms with Gasteiger partial charge in [0, 0.05) is 29.9 Å². The third-order valence-corrected chi connectivity index (χ3v) is 4.54. The monoisotopic (exact) mass is 396 g/mol. The van der Waals surface area contributed by atoms with Crippen molar-refractivity contribution in [1.82, 2.24) is 4.90 Å². The van der Waals surface area contributed by atoms with Gasteiger partial charge >= 0.3 is 5.97 Å². The average molecular weight is 396 g/mol. The number of hydrogen-bond donors (Lipinski definition) is 1. The third-order valence-electron chi connectivity index (χ3n) is 4.54. The van der Waals surface area contributed by atoms with E-state index in [1.54, 1.807) is 55.5 Å². The number of anilines is 1. The zero-order chi connectivity index (χ0) is 20.6. The summed E-state index contributed by atoms with van der Waals surface area (Å²) in [5, 5.41) is 2.80. The van der Waals surface area contributed by atoms with Crippen LogP contribution in [0.5, 0.6) is 5.75 Å². The molecule has 1 aliphatic rings. The molecule has 1 aliphatic heterocycles. The Kier molecular flexibility index (Phi) is 6.84. The summed E-state index contributed by atoms with van der Waals surface area (Å²) in [7, 11) is 0. The van der Waals surface area contributed by atoms with E-state index < -0.39 is 5.97 Å². The highest BCUT2D eigenvalue weighted by atomic mass is 16.6. The zero-order valence-electron chi connectivity index (χ0n) is 16.3. The van der Waals surface area contributed by atoms with Gasteiger partial charge in [-0.05, 0) is 62.2 Å². The number of benzene rings is 2. The number of amides is 2. The lowest BCUT2D eigenvalue weighted by molar-refractivity contribution is -0.145. The molecule has 1 N–H and O–H groups in total. The minimum atomic E-state index is -0.467. The van der Waals surface area contributed by atoms with E-state index in [-0.39, 0.29) is 25.0 Å². The first kappa shape index (κ1) is 20.4. The lowest BCUT2D eigenvalue weighted by Gasteiger charge is -2.15. The van der Waals surface area contributed by atoms with Crippen molar-refractivity contribution >= 4 is 23.5 Å². The molecular weight excluding hydrogens is 372 g/mol. The molecule has 29 heavy (non-hydrogen) atoms. The standard InChI is InChI=1S/C22H24N2O5/c1-2-28-20(25)15-29-19-7-5-6-17(14-19)21(26)23-18-10-8-16(9-11-18)22(27)24-12-3-4-13-24/h5-11,14H,2-4,12-13,15H2,1H3,(H,23,26). The molecule has 152 valence electrons. The van der Waals surface area contributed by atoms with Crippen LogP contribution in [0.1, 0.15) is 40.5 Å². The highest BCUT2D eigenvalue weighted by molar-refractivity contribution is 6.04. The number of nitrogens with zero attached hydrogens (tertiary/aromatic N) is 1. The van der Waals surface area contributed by atoms with E-state index >= 15 is 0 Å². The Bertz CT molecular complexity index is 873. The summed E-state index contributed by atoms with van der Waals surface area (Å²) >= 11 is 0. The molecule has 2 amide bonds. The molecule has 1 fully saturated rings. The maximum atomic E-state index is 12.5. The Morgan fingerprint density at radius 2 is 1.72 bits per heavy atom. The van der Waals surface area contributed by atoms with E-state index in [0.717, 1.165) is 25.9 Å². The molecule has 2 aromatic rings. The van der Waals surface area contributed by atoms with E-state index in [1.165, 1.54) is 0 Å². The predicted molar refractivity (Wildman–Crippen MR) is 108 cm³/mol. The second-order valence-electron chi connectivity index (χ2n) is 6.65. The minimum Gasteiger partial charge on any atom is -0.482 e. The molecule has 0 bridgehead atoms. The second-order valence-corrected chi connectivity index (χ2v) is 6.65. The SMILES string of the molecule is CCOC(=O)COc1cccc(C(=O)Nc2ccc(C(=O)N3CCCC3)cc2)c1. The van der Waals surface area contributed by atoms with Crippen LogP contribution in [0.4, 0.5) is 5.69 Å². The molecule has 0 atom stereocenters. The normalized spacial score (nSPS) is 13.1. The smallest absolute Gasteiger partial charge is 0.344 e. The van der Waals surface area contributed by atoms with Crippen molar-refractivity contribution < 1.29 is 23.9 Å². The van der Waals surface area contributed by atoms with Crippen molar-refractivity contribution in [2.24, 2.45) is 0 Å². The van der Waals surface area contributed by atoms with Gasteiger partial charge in [-0.2, -0.15) is 0 Å². The molecule has 0 spiro atoms. The fourth-order valence-corrected chi connectivity index (χ4v) is 3.07. The molecule has 0 aliphatic carbocycles. The summed E-state index contributed by atoms with van der Waals surface area (Å²) in [6.07, 6.45) is 2.09. The molecule has 0 unspecified atom stereocenters. The third kappa shape index (κ3) is 5.57. The largest absolute Gasteiger partial charge is 0.482 e. The Labute approximate surface area is 169 Å². The molecule has 7 nitrogen and oxygen atoms in total. The Morgan fingerprint density at radius 1 is 1.00 bits per heavy atom. The maximum Gasteiger partial charge on any atom is 0.344 e. The van der Waals surface area contributed by atoms with E-state index in [4.69, 9.17) is 9.47 Å². The van der Waals surface area contributed by atoms with Gasteiger partial charge in [0.2, 0.25) is 0 Å². The number of esters is 1. The van der Waals surface area contributed by atoms with Gasteiger partial charge in [0.15, 0.2) is 6.61 Å². The Hall–Kier alpha value is -3.35. The summed E-state index contributed by atoms with van der Waals surface area (Å²) in [4.78, 5) is 38.1. The van der Waals surface area contributed by atoms with Crippen LogP contribution in [0.15, 0.2) is 48.5 Å². The van der Waals surface area contributed by atoms with Crippen molar-refractivity contribution in [2.45, 2.75) is 19.8 Å². The number of rotatable bonds is 7. The van der Waals surface area contributed by atoms with Crippen LogP contribution >= 0.6 is 0 Å². The van der Waals surface area contributed by atoms with Crippen LogP contribution < -0.4 is 10.1 Å². The van der Waals surface area contributed by atoms with Crippen LogP contribution in [0.3, 0.4) is 0 Å². The molecule has 0 aromatic heterocycles. The van der Waals surface area contributed by atoms with Gasteiger partial charge in [0.1, 0.15) is 5.75 Å². The quantitative estimate of drug-likeness (QED) is 0.727. The summed E-state index contributed by atoms with van der Waals surface area (Å²) in [6.45, 7) is 3.38. The number of nitrogens with one attached hydrogen (secondary N) is 1. The predicted octanol–water partition coefficient (Wildman–Crippen LogP) is 3.12. The topological polar surface area (TPSA) is 84.9 Å². The van der Waals surface area contributed by atoms with Gasteiger partial charge in [-0.15, -0.1) is 0 Å². The van der Waals surface area contributed by atoms with Gasteiger partial charge in [-0.1, -0.05) is 6.07 Å². The number of carbonyl (C=O) groups excluding carboxylic acids is 3. The maximum absolute atomic E-state index is 12.5. The van der Waals surface area contributed by atoms with Gasteiger partial charge < -0.3 is 19.7 Å². The minimum absolute atomic E-state index is 0.0202. The molecule has 0 radical (unpaired) electrons. The second kappa shape index (κ2) is 9.73. The highest BCUT2D eigenvalue weighted by Gasteiger charge is 2.19. The molecule has 1 heterocycles. The van der Waals surface area contributed by atoms with Crippen LogP contribution in [0, 0.1) is 0 Å². The first-order valence-corrected chi connectivity index (χ1v) is 9.66. The summed E-state index contributed by atoms with van der Waals surface area (Å²) in [5.41, 5.74) is 1.59. The zero-order valence-corrected chi connectivity index (χ0v) is 16.3. The molecule has 0 saturated carbocycles. The van der Waals surface area contributed by atoms with Gasteiger partial charge in [0.25, 0.3) is 11.8 Å². The van der Waals surface area contributed by atoms with E-state index in [1.807, 2.05) is 4.90 Å². The fraction of sp³-hybridized carbons (Fsp3) is 0.318. The van der Waals surface area contributed by atoms with Crippen LogP contribution in [-0.2, 0) is 9.53 Å². The number of hydrogen-bond acceptors (Lipinski definition) is 5. The number of likely N-dealkylation sites (tertiary alicyclic amines) is 1. The summed E-state index contributed by atoms with van der Waals surface area (Å²) in [5.74, 6) is -0.361. The summed E-state index contributed by atoms with van der Waals surface area (Å²) in [6, 6.07) is 13.4. The van der Waals surface area contributed by atoms with Crippen LogP contribution in [-0.4, -0.2) is 49.0 Å². The molecular formula is C22H24N2O5. The molecule has 2 aromatic carbocycles. The van der Waals surface area contributed by atoms with Crippen molar-refractivity contribution in [3.8, 4) is 5.75 Å². The van der Waals surface area contributed by atoms with E-state index in [2.05, 4.69) is 5.32 Å². The number of ether oxygens (including phenoxy) is 2. The van der Waals surface area contributed by atoms with Crippen molar-refractivity contribution in [3.63, 3.8) is 0 Å². The highest BCUT2D eigenvalue weighted by Crippen LogP contribution is 2.18. The molecule has 1 saturated heterocycles. The summed E-state index contributed by atoms with van der Waals surface area (Å²) < 4.78 is 10.2.